The van der Waals surface area contributed by atoms with Gasteiger partial charge in [-0.1, -0.05) is 34.1 Å². The number of hydrogen-bond acceptors (Lipinski definition) is 3. The van der Waals surface area contributed by atoms with Gasteiger partial charge in [0.2, 0.25) is 0 Å². The molecule has 0 unspecified atom stereocenters. The van der Waals surface area contributed by atoms with Crippen molar-refractivity contribution in [1.29, 1.82) is 0 Å². The van der Waals surface area contributed by atoms with Crippen LogP contribution < -0.4 is 10.1 Å². The van der Waals surface area contributed by atoms with Gasteiger partial charge < -0.3 is 14.5 Å². The van der Waals surface area contributed by atoms with E-state index in [0.29, 0.717) is 6.54 Å². The fraction of sp³-hybridized carbons (Fsp3) is 0.176. The number of furan rings is 1. The zero-order valence-corrected chi connectivity index (χ0v) is 13.5. The Morgan fingerprint density at radius 3 is 2.81 bits per heavy atom. The minimum Gasteiger partial charge on any atom is -0.497 e. The van der Waals surface area contributed by atoms with Crippen molar-refractivity contribution in [2.24, 2.45) is 0 Å². The highest BCUT2D eigenvalue weighted by molar-refractivity contribution is 9.10. The lowest BCUT2D eigenvalue weighted by Crippen LogP contribution is -2.00. The van der Waals surface area contributed by atoms with Gasteiger partial charge in [-0.15, -0.1) is 0 Å². The van der Waals surface area contributed by atoms with Gasteiger partial charge in [0, 0.05) is 33.7 Å². The molecule has 0 spiro atoms. The normalized spacial score (nSPS) is 10.8. The van der Waals surface area contributed by atoms with Gasteiger partial charge in [0.1, 0.15) is 17.1 Å². The fourth-order valence-corrected chi connectivity index (χ4v) is 2.89. The van der Waals surface area contributed by atoms with E-state index < -0.39 is 0 Å². The zero-order valence-electron chi connectivity index (χ0n) is 11.9. The lowest BCUT2D eigenvalue weighted by molar-refractivity contribution is 0.414. The summed E-state index contributed by atoms with van der Waals surface area (Å²) in [6.45, 7) is 2.71. The number of halogens is 1. The molecule has 4 heteroatoms. The van der Waals surface area contributed by atoms with Crippen molar-refractivity contribution >= 4 is 32.6 Å². The van der Waals surface area contributed by atoms with Crippen molar-refractivity contribution in [1.82, 2.24) is 0 Å². The summed E-state index contributed by atoms with van der Waals surface area (Å²) in [7, 11) is 1.67. The molecule has 3 aromatic rings. The van der Waals surface area contributed by atoms with Crippen LogP contribution >= 0.6 is 15.9 Å². The van der Waals surface area contributed by atoms with E-state index in [1.807, 2.05) is 43.3 Å². The largest absolute Gasteiger partial charge is 0.497 e. The van der Waals surface area contributed by atoms with Crippen molar-refractivity contribution in [3.8, 4) is 5.75 Å². The Balaban J connectivity index is 1.86. The molecule has 2 aromatic carbocycles. The molecule has 3 rings (SSSR count). The van der Waals surface area contributed by atoms with E-state index in [0.717, 1.165) is 32.6 Å². The number of hydrogen-bond donors (Lipinski definition) is 1. The number of fused-ring (bicyclic) bond motifs is 1. The van der Waals surface area contributed by atoms with Crippen molar-refractivity contribution in [2.45, 2.75) is 13.5 Å². The minimum absolute atomic E-state index is 0.711. The first-order valence-corrected chi connectivity index (χ1v) is 7.52. The van der Waals surface area contributed by atoms with E-state index in [1.54, 1.807) is 7.11 Å². The van der Waals surface area contributed by atoms with E-state index in [2.05, 4.69) is 27.3 Å². The van der Waals surface area contributed by atoms with Crippen molar-refractivity contribution < 1.29 is 9.15 Å². The first-order valence-electron chi connectivity index (χ1n) is 6.73. The molecule has 0 aliphatic carbocycles. The van der Waals surface area contributed by atoms with Gasteiger partial charge in [-0.3, -0.25) is 0 Å². The average molecular weight is 346 g/mol. The third-order valence-electron chi connectivity index (χ3n) is 3.48. The number of ether oxygens (including phenoxy) is 1. The lowest BCUT2D eigenvalue weighted by atomic mass is 10.1. The summed E-state index contributed by atoms with van der Waals surface area (Å²) in [5.74, 6) is 1.77. The van der Waals surface area contributed by atoms with Gasteiger partial charge in [-0.2, -0.15) is 0 Å². The third-order valence-corrected chi connectivity index (χ3v) is 3.93. The number of para-hydroxylation sites is 1. The predicted molar refractivity (Wildman–Crippen MR) is 89.0 cm³/mol. The molecule has 0 aliphatic heterocycles. The molecule has 0 radical (unpaired) electrons. The average Bonchev–Trinajstić information content (AvgIpc) is 2.80. The van der Waals surface area contributed by atoms with Crippen LogP contribution in [-0.4, -0.2) is 7.11 Å². The Labute approximate surface area is 132 Å². The molecule has 0 amide bonds. The first-order chi connectivity index (χ1) is 10.2. The molecule has 21 heavy (non-hydrogen) atoms. The summed E-state index contributed by atoms with van der Waals surface area (Å²) in [6.07, 6.45) is 0. The van der Waals surface area contributed by atoms with Crippen LogP contribution in [-0.2, 0) is 6.54 Å². The van der Waals surface area contributed by atoms with E-state index in [1.165, 1.54) is 5.56 Å². The molecular weight excluding hydrogens is 330 g/mol. The highest BCUT2D eigenvalue weighted by Gasteiger charge is 2.10. The van der Waals surface area contributed by atoms with Gasteiger partial charge in [0.15, 0.2) is 0 Å². The number of aryl methyl sites for hydroxylation is 1. The number of anilines is 1. The van der Waals surface area contributed by atoms with Crippen LogP contribution in [0, 0.1) is 6.92 Å². The van der Waals surface area contributed by atoms with E-state index >= 15 is 0 Å². The Hall–Kier alpha value is -1.94. The number of rotatable bonds is 4. The van der Waals surface area contributed by atoms with Gasteiger partial charge in [-0.05, 0) is 25.1 Å². The Morgan fingerprint density at radius 2 is 2.00 bits per heavy atom. The Morgan fingerprint density at radius 1 is 1.19 bits per heavy atom. The van der Waals surface area contributed by atoms with Crippen molar-refractivity contribution in [3.05, 3.63) is 58.3 Å². The minimum atomic E-state index is 0.711. The van der Waals surface area contributed by atoms with E-state index in [-0.39, 0.29) is 0 Å². The topological polar surface area (TPSA) is 34.4 Å². The number of benzene rings is 2. The summed E-state index contributed by atoms with van der Waals surface area (Å²) in [4.78, 5) is 0. The predicted octanol–water partition coefficient (Wildman–Crippen LogP) is 5.12. The molecule has 3 nitrogen and oxygen atoms in total. The second-order valence-corrected chi connectivity index (χ2v) is 5.78. The molecule has 0 saturated heterocycles. The smallest absolute Gasteiger partial charge is 0.134 e. The molecule has 1 heterocycles. The molecule has 0 atom stereocenters. The summed E-state index contributed by atoms with van der Waals surface area (Å²) >= 11 is 3.49. The van der Waals surface area contributed by atoms with Gasteiger partial charge in [0.05, 0.1) is 7.11 Å². The summed E-state index contributed by atoms with van der Waals surface area (Å²) in [5.41, 5.74) is 3.12. The number of nitrogens with one attached hydrogen (secondary N) is 1. The molecule has 0 saturated carbocycles. The second-order valence-electron chi connectivity index (χ2n) is 4.87. The summed E-state index contributed by atoms with van der Waals surface area (Å²) in [6, 6.07) is 14.0. The molecule has 1 aromatic heterocycles. The van der Waals surface area contributed by atoms with Gasteiger partial charge in [-0.25, -0.2) is 0 Å². The Bertz CT molecular complexity index is 780. The highest BCUT2D eigenvalue weighted by Crippen LogP contribution is 2.28. The first kappa shape index (κ1) is 14.0. The highest BCUT2D eigenvalue weighted by atomic mass is 79.9. The molecular formula is C17H16BrNO2. The quantitative estimate of drug-likeness (QED) is 0.712. The van der Waals surface area contributed by atoms with Crippen molar-refractivity contribution in [3.63, 3.8) is 0 Å². The molecule has 0 aliphatic rings. The zero-order chi connectivity index (χ0) is 14.8. The molecule has 1 N–H and O–H groups in total. The summed E-state index contributed by atoms with van der Waals surface area (Å²) < 4.78 is 12.0. The lowest BCUT2D eigenvalue weighted by Gasteiger charge is -2.09. The summed E-state index contributed by atoms with van der Waals surface area (Å²) in [5, 5.41) is 4.58. The maximum Gasteiger partial charge on any atom is 0.134 e. The molecule has 0 fully saturated rings. The number of methoxy groups -OCH3 is 1. The van der Waals surface area contributed by atoms with Crippen LogP contribution in [0.4, 0.5) is 5.69 Å². The SMILES string of the molecule is COc1cc(Br)cc(NCc2c(C)oc3ccccc23)c1. The van der Waals surface area contributed by atoms with Crippen LogP contribution in [0.3, 0.4) is 0 Å². The fourth-order valence-electron chi connectivity index (χ4n) is 2.41. The Kier molecular flexibility index (Phi) is 3.88. The maximum atomic E-state index is 5.78. The van der Waals surface area contributed by atoms with Crippen LogP contribution in [0.25, 0.3) is 11.0 Å². The third kappa shape index (κ3) is 2.90. The van der Waals surface area contributed by atoms with Gasteiger partial charge >= 0.3 is 0 Å². The standard InChI is InChI=1S/C17H16BrNO2/c1-11-16(15-5-3-4-6-17(15)21-11)10-19-13-7-12(18)8-14(9-13)20-2/h3-9,19H,10H2,1-2H3. The van der Waals surface area contributed by atoms with E-state index in [4.69, 9.17) is 9.15 Å². The van der Waals surface area contributed by atoms with Crippen LogP contribution in [0.2, 0.25) is 0 Å². The monoisotopic (exact) mass is 345 g/mol. The molecule has 0 bridgehead atoms. The maximum absolute atomic E-state index is 5.78. The van der Waals surface area contributed by atoms with E-state index in [9.17, 15) is 0 Å². The molecule has 108 valence electrons. The van der Waals surface area contributed by atoms with Crippen LogP contribution in [0.15, 0.2) is 51.4 Å². The van der Waals surface area contributed by atoms with Crippen LogP contribution in [0.5, 0.6) is 5.75 Å². The van der Waals surface area contributed by atoms with Crippen LogP contribution in [0.1, 0.15) is 11.3 Å². The second kappa shape index (κ2) is 5.82. The van der Waals surface area contributed by atoms with Gasteiger partial charge in [0.25, 0.3) is 0 Å². The van der Waals surface area contributed by atoms with Crippen molar-refractivity contribution in [2.75, 3.05) is 12.4 Å².